The minimum Gasteiger partial charge on any atom is -0.397 e. The molecule has 1 saturated heterocycles. The second-order valence-electron chi connectivity index (χ2n) is 9.46. The van der Waals surface area contributed by atoms with Gasteiger partial charge in [-0.2, -0.15) is 13.2 Å². The molecule has 0 bridgehead atoms. The number of alkyl halides is 3. The third-order valence-corrected chi connectivity index (χ3v) is 6.59. The van der Waals surface area contributed by atoms with Crippen LogP contribution in [0.3, 0.4) is 0 Å². The fourth-order valence-electron chi connectivity index (χ4n) is 4.45. The predicted molar refractivity (Wildman–Crippen MR) is 144 cm³/mol. The van der Waals surface area contributed by atoms with Crippen LogP contribution < -0.4 is 16.4 Å². The maximum atomic E-state index is 13.4. The predicted octanol–water partition coefficient (Wildman–Crippen LogP) is 3.36. The third-order valence-electron chi connectivity index (χ3n) is 6.59. The zero-order chi connectivity index (χ0) is 28.4. The molecule has 0 radical (unpaired) electrons. The molecule has 1 aliphatic rings. The van der Waals surface area contributed by atoms with E-state index >= 15 is 0 Å². The second kappa shape index (κ2) is 10.8. The highest BCUT2D eigenvalue weighted by molar-refractivity contribution is 6.01. The second-order valence-corrected chi connectivity index (χ2v) is 9.46. The van der Waals surface area contributed by atoms with Crippen LogP contribution in [0.4, 0.5) is 30.5 Å². The molecular weight excluding hydrogens is 523 g/mol. The van der Waals surface area contributed by atoms with E-state index in [2.05, 4.69) is 41.8 Å². The average Bonchev–Trinajstić information content (AvgIpc) is 2.93. The molecule has 0 unspecified atom stereocenters. The van der Waals surface area contributed by atoms with E-state index in [1.165, 1.54) is 24.5 Å². The van der Waals surface area contributed by atoms with Crippen molar-refractivity contribution in [3.63, 3.8) is 0 Å². The standard InChI is InChI=1S/C27H26F3N9O/c1-38-8-10-39(11-9-38)24-13-16(4-7-34-24)20-3-2-19(31)25(35-20)22(40)12-17-15-33-6-5-18(17)21-14-23(32)37-26(36-21)27(28,29)30/h2-7,13-15H,8-12,31H2,1H3,(H2,32,36,37). The topological polar surface area (TPSA) is 140 Å². The molecule has 0 aromatic carbocycles. The Hall–Kier alpha value is -4.65. The first-order chi connectivity index (χ1) is 19.1. The van der Waals surface area contributed by atoms with E-state index in [1.807, 2.05) is 12.1 Å². The van der Waals surface area contributed by atoms with Crippen molar-refractivity contribution in [2.75, 3.05) is 49.6 Å². The first-order valence-corrected chi connectivity index (χ1v) is 12.4. The number of carbonyl (C=O) groups is 1. The molecule has 5 heterocycles. The molecule has 0 atom stereocenters. The molecule has 4 aromatic rings. The number of rotatable bonds is 6. The summed E-state index contributed by atoms with van der Waals surface area (Å²) in [5.74, 6) is -1.33. The molecule has 40 heavy (non-hydrogen) atoms. The van der Waals surface area contributed by atoms with Crippen molar-refractivity contribution >= 4 is 23.1 Å². The number of likely N-dealkylation sites (N-methyl/N-ethyl adjacent to an activating group) is 1. The van der Waals surface area contributed by atoms with Crippen LogP contribution in [0.15, 0.2) is 55.0 Å². The third kappa shape index (κ3) is 5.83. The first kappa shape index (κ1) is 26.9. The van der Waals surface area contributed by atoms with Crippen LogP contribution in [-0.4, -0.2) is 68.8 Å². The quantitative estimate of drug-likeness (QED) is 0.344. The molecule has 206 valence electrons. The van der Waals surface area contributed by atoms with Gasteiger partial charge in [-0.05, 0) is 42.9 Å². The summed E-state index contributed by atoms with van der Waals surface area (Å²) in [7, 11) is 2.08. The van der Waals surface area contributed by atoms with Gasteiger partial charge in [-0.3, -0.25) is 9.78 Å². The number of nitrogen functional groups attached to an aromatic ring is 2. The van der Waals surface area contributed by atoms with E-state index in [0.29, 0.717) is 11.3 Å². The number of aromatic nitrogens is 5. The van der Waals surface area contributed by atoms with Crippen LogP contribution in [0, 0.1) is 0 Å². The molecule has 1 aliphatic heterocycles. The van der Waals surface area contributed by atoms with Gasteiger partial charge in [0.15, 0.2) is 5.78 Å². The molecular formula is C27H26F3N9O. The van der Waals surface area contributed by atoms with Crippen molar-refractivity contribution < 1.29 is 18.0 Å². The van der Waals surface area contributed by atoms with Gasteiger partial charge >= 0.3 is 6.18 Å². The number of Topliss-reactive ketones (excluding diaryl/α,β-unsaturated/α-hetero) is 1. The summed E-state index contributed by atoms with van der Waals surface area (Å²) in [4.78, 5) is 37.9. The molecule has 10 nitrogen and oxygen atoms in total. The number of ketones is 1. The number of carbonyl (C=O) groups excluding carboxylic acids is 1. The van der Waals surface area contributed by atoms with Crippen LogP contribution in [-0.2, 0) is 12.6 Å². The van der Waals surface area contributed by atoms with Gasteiger partial charge in [0.05, 0.1) is 17.1 Å². The Morgan fingerprint density at radius 2 is 1.73 bits per heavy atom. The van der Waals surface area contributed by atoms with Crippen molar-refractivity contribution in [2.24, 2.45) is 0 Å². The Labute approximate surface area is 227 Å². The fourth-order valence-corrected chi connectivity index (χ4v) is 4.45. The molecule has 0 amide bonds. The van der Waals surface area contributed by atoms with E-state index in [4.69, 9.17) is 11.5 Å². The minimum atomic E-state index is -4.79. The summed E-state index contributed by atoms with van der Waals surface area (Å²) in [5, 5.41) is 0. The highest BCUT2D eigenvalue weighted by Crippen LogP contribution is 2.31. The van der Waals surface area contributed by atoms with Crippen LogP contribution in [0.1, 0.15) is 21.9 Å². The Morgan fingerprint density at radius 1 is 0.950 bits per heavy atom. The molecule has 0 spiro atoms. The number of nitrogens with zero attached hydrogens (tertiary/aromatic N) is 7. The van der Waals surface area contributed by atoms with Crippen molar-refractivity contribution in [2.45, 2.75) is 12.6 Å². The molecule has 4 N–H and O–H groups in total. The lowest BCUT2D eigenvalue weighted by Crippen LogP contribution is -2.44. The monoisotopic (exact) mass is 549 g/mol. The van der Waals surface area contributed by atoms with Crippen molar-refractivity contribution in [1.29, 1.82) is 0 Å². The van der Waals surface area contributed by atoms with Crippen LogP contribution in [0.25, 0.3) is 22.5 Å². The number of hydrogen-bond donors (Lipinski definition) is 2. The van der Waals surface area contributed by atoms with E-state index < -0.39 is 17.8 Å². The Kier molecular flexibility index (Phi) is 7.30. The summed E-state index contributed by atoms with van der Waals surface area (Å²) in [5.41, 5.74) is 13.8. The fraction of sp³-hybridized carbons (Fsp3) is 0.259. The highest BCUT2D eigenvalue weighted by Gasteiger charge is 2.35. The lowest BCUT2D eigenvalue weighted by atomic mass is 9.99. The van der Waals surface area contributed by atoms with Crippen LogP contribution >= 0.6 is 0 Å². The van der Waals surface area contributed by atoms with Gasteiger partial charge in [0.2, 0.25) is 5.82 Å². The Morgan fingerprint density at radius 3 is 2.48 bits per heavy atom. The minimum absolute atomic E-state index is 0.0449. The lowest BCUT2D eigenvalue weighted by molar-refractivity contribution is -0.144. The first-order valence-electron chi connectivity index (χ1n) is 12.4. The summed E-state index contributed by atoms with van der Waals surface area (Å²) in [6.45, 7) is 3.56. The number of nitrogens with two attached hydrogens (primary N) is 2. The van der Waals surface area contributed by atoms with E-state index in [9.17, 15) is 18.0 Å². The van der Waals surface area contributed by atoms with Crippen LogP contribution in [0.5, 0.6) is 0 Å². The van der Waals surface area contributed by atoms with Gasteiger partial charge in [-0.25, -0.2) is 19.9 Å². The number of hydrogen-bond acceptors (Lipinski definition) is 10. The van der Waals surface area contributed by atoms with Gasteiger partial charge in [0.25, 0.3) is 0 Å². The number of pyridine rings is 3. The summed E-state index contributed by atoms with van der Waals surface area (Å²) < 4.78 is 39.9. The Balaban J connectivity index is 1.43. The smallest absolute Gasteiger partial charge is 0.397 e. The van der Waals surface area contributed by atoms with Crippen molar-refractivity contribution in [3.05, 3.63) is 72.1 Å². The largest absolute Gasteiger partial charge is 0.451 e. The van der Waals surface area contributed by atoms with Crippen molar-refractivity contribution in [3.8, 4) is 22.5 Å². The average molecular weight is 550 g/mol. The van der Waals surface area contributed by atoms with Gasteiger partial charge in [-0.1, -0.05) is 0 Å². The number of piperazine rings is 1. The normalized spacial score (nSPS) is 14.3. The number of halogens is 3. The van der Waals surface area contributed by atoms with E-state index in [0.717, 1.165) is 37.6 Å². The maximum absolute atomic E-state index is 13.4. The summed E-state index contributed by atoms with van der Waals surface area (Å²) in [6, 6.07) is 9.75. The Bertz CT molecular complexity index is 1550. The molecule has 1 fully saturated rings. The lowest BCUT2D eigenvalue weighted by Gasteiger charge is -2.33. The molecule has 0 saturated carbocycles. The van der Waals surface area contributed by atoms with Gasteiger partial charge in [-0.15, -0.1) is 0 Å². The summed E-state index contributed by atoms with van der Waals surface area (Å²) >= 11 is 0. The maximum Gasteiger partial charge on any atom is 0.451 e. The van der Waals surface area contributed by atoms with Gasteiger partial charge in [0, 0.05) is 68.4 Å². The zero-order valence-electron chi connectivity index (χ0n) is 21.6. The van der Waals surface area contributed by atoms with Crippen molar-refractivity contribution in [1.82, 2.24) is 29.8 Å². The van der Waals surface area contributed by atoms with Gasteiger partial charge in [0.1, 0.15) is 17.3 Å². The van der Waals surface area contributed by atoms with E-state index in [-0.39, 0.29) is 34.9 Å². The van der Waals surface area contributed by atoms with Crippen LogP contribution in [0.2, 0.25) is 0 Å². The SMILES string of the molecule is CN1CCN(c2cc(-c3ccc(N)c(C(=O)Cc4cnccc4-c4cc(N)nc(C(F)(F)F)n4)n3)ccn2)CC1. The summed E-state index contributed by atoms with van der Waals surface area (Å²) in [6.07, 6.45) is -0.526. The number of anilines is 3. The zero-order valence-corrected chi connectivity index (χ0v) is 21.6. The molecule has 5 rings (SSSR count). The van der Waals surface area contributed by atoms with E-state index in [1.54, 1.807) is 18.3 Å². The molecule has 4 aromatic heterocycles. The molecule has 13 heteroatoms. The highest BCUT2D eigenvalue weighted by atomic mass is 19.4. The molecule has 0 aliphatic carbocycles. The van der Waals surface area contributed by atoms with Gasteiger partial charge < -0.3 is 21.3 Å².